The van der Waals surface area contributed by atoms with Gasteiger partial charge in [0.15, 0.2) is 5.12 Å². The van der Waals surface area contributed by atoms with Crippen molar-refractivity contribution >= 4 is 50.4 Å². The summed E-state index contributed by atoms with van der Waals surface area (Å²) in [5, 5.41) is 3.46. The summed E-state index contributed by atoms with van der Waals surface area (Å²) in [5.74, 6) is -1.41. The van der Waals surface area contributed by atoms with Gasteiger partial charge in [-0.25, -0.2) is 4.79 Å². The van der Waals surface area contributed by atoms with E-state index in [0.717, 1.165) is 33.3 Å². The van der Waals surface area contributed by atoms with Crippen molar-refractivity contribution in [2.24, 2.45) is 5.92 Å². The maximum absolute atomic E-state index is 12.9. The molecule has 0 radical (unpaired) electrons. The standard InChI is InChI=1S/C24H24O5S/c1-4-28-24(27)22(29-23(26)15(2)14-30-16(3)25)21-19-11-7-5-9-17(19)13-18-10-6-8-12-20(18)21/h5-13,15,22H,4,14H2,1-3H3/t15-,22+/m1/s1. The van der Waals surface area contributed by atoms with Crippen LogP contribution in [0.25, 0.3) is 21.5 Å². The van der Waals surface area contributed by atoms with Crippen LogP contribution in [0.5, 0.6) is 0 Å². The normalized spacial score (nSPS) is 13.0. The zero-order valence-electron chi connectivity index (χ0n) is 17.2. The fourth-order valence-corrected chi connectivity index (χ4v) is 3.94. The molecule has 0 fully saturated rings. The van der Waals surface area contributed by atoms with E-state index in [4.69, 9.17) is 9.47 Å². The molecule has 3 rings (SSSR count). The second-order valence-corrected chi connectivity index (χ2v) is 8.20. The highest BCUT2D eigenvalue weighted by Crippen LogP contribution is 2.35. The summed E-state index contributed by atoms with van der Waals surface area (Å²) in [6.45, 7) is 5.02. The molecule has 0 spiro atoms. The van der Waals surface area contributed by atoms with Gasteiger partial charge in [-0.1, -0.05) is 67.2 Å². The lowest BCUT2D eigenvalue weighted by Gasteiger charge is -2.22. The van der Waals surface area contributed by atoms with Gasteiger partial charge < -0.3 is 9.47 Å². The number of hydrogen-bond donors (Lipinski definition) is 0. The van der Waals surface area contributed by atoms with Crippen molar-refractivity contribution in [1.82, 2.24) is 0 Å². The molecule has 0 unspecified atom stereocenters. The first-order valence-corrected chi connectivity index (χ1v) is 10.8. The van der Waals surface area contributed by atoms with Crippen molar-refractivity contribution in [2.75, 3.05) is 12.4 Å². The third-order valence-corrected chi connectivity index (χ3v) is 5.82. The van der Waals surface area contributed by atoms with Gasteiger partial charge in [0.1, 0.15) is 0 Å². The monoisotopic (exact) mass is 424 g/mol. The van der Waals surface area contributed by atoms with E-state index < -0.39 is 24.0 Å². The number of hydrogen-bond acceptors (Lipinski definition) is 6. The second kappa shape index (κ2) is 9.76. The quantitative estimate of drug-likeness (QED) is 0.390. The lowest BCUT2D eigenvalue weighted by atomic mass is 9.93. The molecule has 0 bridgehead atoms. The highest BCUT2D eigenvalue weighted by atomic mass is 32.2. The molecular weight excluding hydrogens is 400 g/mol. The first-order chi connectivity index (χ1) is 14.4. The van der Waals surface area contributed by atoms with Crippen molar-refractivity contribution in [3.8, 4) is 0 Å². The zero-order valence-corrected chi connectivity index (χ0v) is 18.0. The molecule has 156 valence electrons. The number of carbonyl (C=O) groups is 3. The predicted octanol–water partition coefficient (Wildman–Crippen LogP) is 5.06. The van der Waals surface area contributed by atoms with Crippen LogP contribution in [0.2, 0.25) is 0 Å². The molecule has 0 aliphatic heterocycles. The summed E-state index contributed by atoms with van der Waals surface area (Å²) < 4.78 is 11.0. The molecule has 3 aromatic rings. The number of rotatable bonds is 7. The van der Waals surface area contributed by atoms with E-state index in [1.54, 1.807) is 13.8 Å². The minimum atomic E-state index is -1.20. The van der Waals surface area contributed by atoms with Crippen LogP contribution < -0.4 is 0 Å². The van der Waals surface area contributed by atoms with Crippen LogP contribution in [-0.4, -0.2) is 29.4 Å². The number of benzene rings is 3. The Balaban J connectivity index is 2.09. The molecule has 6 heteroatoms. The van der Waals surface area contributed by atoms with Crippen LogP contribution in [0, 0.1) is 5.92 Å². The minimum Gasteiger partial charge on any atom is -0.463 e. The number of thioether (sulfide) groups is 1. The smallest absolute Gasteiger partial charge is 0.352 e. The van der Waals surface area contributed by atoms with Crippen LogP contribution in [-0.2, 0) is 23.9 Å². The molecule has 0 aromatic heterocycles. The van der Waals surface area contributed by atoms with Gasteiger partial charge in [-0.15, -0.1) is 0 Å². The van der Waals surface area contributed by atoms with Gasteiger partial charge in [-0.3, -0.25) is 9.59 Å². The largest absolute Gasteiger partial charge is 0.463 e. The Morgan fingerprint density at radius 3 is 2.03 bits per heavy atom. The molecule has 0 heterocycles. The maximum Gasteiger partial charge on any atom is 0.352 e. The lowest BCUT2D eigenvalue weighted by Crippen LogP contribution is -2.26. The van der Waals surface area contributed by atoms with Crippen LogP contribution >= 0.6 is 11.8 Å². The Kier molecular flexibility index (Phi) is 7.11. The Bertz CT molecular complexity index is 1040. The molecule has 0 amide bonds. The van der Waals surface area contributed by atoms with E-state index in [9.17, 15) is 14.4 Å². The van der Waals surface area contributed by atoms with Gasteiger partial charge in [-0.05, 0) is 34.5 Å². The van der Waals surface area contributed by atoms with Crippen molar-refractivity contribution < 1.29 is 23.9 Å². The van der Waals surface area contributed by atoms with Crippen molar-refractivity contribution in [3.63, 3.8) is 0 Å². The Morgan fingerprint density at radius 2 is 1.50 bits per heavy atom. The van der Waals surface area contributed by atoms with Gasteiger partial charge >= 0.3 is 11.9 Å². The summed E-state index contributed by atoms with van der Waals surface area (Å²) >= 11 is 1.06. The Morgan fingerprint density at radius 1 is 0.933 bits per heavy atom. The highest BCUT2D eigenvalue weighted by Gasteiger charge is 2.31. The van der Waals surface area contributed by atoms with E-state index in [0.29, 0.717) is 11.3 Å². The molecule has 0 aliphatic carbocycles. The van der Waals surface area contributed by atoms with Crippen molar-refractivity contribution in [2.45, 2.75) is 26.9 Å². The fourth-order valence-electron chi connectivity index (χ4n) is 3.32. The molecule has 0 aliphatic rings. The average molecular weight is 425 g/mol. The molecule has 0 saturated carbocycles. The third-order valence-electron chi connectivity index (χ3n) is 4.75. The van der Waals surface area contributed by atoms with Crippen molar-refractivity contribution in [3.05, 3.63) is 60.2 Å². The first kappa shape index (κ1) is 21.8. The predicted molar refractivity (Wildman–Crippen MR) is 119 cm³/mol. The molecule has 30 heavy (non-hydrogen) atoms. The Labute approximate surface area is 179 Å². The molecular formula is C24H24O5S. The van der Waals surface area contributed by atoms with E-state index in [1.165, 1.54) is 6.92 Å². The maximum atomic E-state index is 12.9. The Hall–Kier alpha value is -2.86. The first-order valence-electron chi connectivity index (χ1n) is 9.83. The fraction of sp³-hybridized carbons (Fsp3) is 0.292. The SMILES string of the molecule is CCOC(=O)[C@@H](OC(=O)[C@H](C)CSC(C)=O)c1c2ccccc2cc2ccccc12. The van der Waals surface area contributed by atoms with Crippen LogP contribution in [0.1, 0.15) is 32.4 Å². The summed E-state index contributed by atoms with van der Waals surface area (Å²) in [6, 6.07) is 17.4. The molecule has 0 N–H and O–H groups in total. The van der Waals surface area contributed by atoms with Gasteiger partial charge in [0.05, 0.1) is 12.5 Å². The van der Waals surface area contributed by atoms with Gasteiger partial charge in [0.2, 0.25) is 6.10 Å². The highest BCUT2D eigenvalue weighted by molar-refractivity contribution is 8.13. The molecule has 3 aromatic carbocycles. The number of carbonyl (C=O) groups excluding carboxylic acids is 3. The van der Waals surface area contributed by atoms with E-state index in [-0.39, 0.29) is 11.7 Å². The average Bonchev–Trinajstić information content (AvgIpc) is 2.74. The van der Waals surface area contributed by atoms with E-state index in [1.807, 2.05) is 54.6 Å². The molecule has 2 atom stereocenters. The zero-order chi connectivity index (χ0) is 21.7. The van der Waals surface area contributed by atoms with Gasteiger partial charge in [0.25, 0.3) is 0 Å². The van der Waals surface area contributed by atoms with E-state index >= 15 is 0 Å². The minimum absolute atomic E-state index is 0.0726. The number of ether oxygens (including phenoxy) is 2. The second-order valence-electron chi connectivity index (χ2n) is 7.01. The van der Waals surface area contributed by atoms with Gasteiger partial charge in [-0.2, -0.15) is 0 Å². The summed E-state index contributed by atoms with van der Waals surface area (Å²) in [7, 11) is 0. The van der Waals surface area contributed by atoms with Crippen LogP contribution in [0.4, 0.5) is 0 Å². The van der Waals surface area contributed by atoms with Crippen LogP contribution in [0.15, 0.2) is 54.6 Å². The van der Waals surface area contributed by atoms with E-state index in [2.05, 4.69) is 0 Å². The lowest BCUT2D eigenvalue weighted by molar-refractivity contribution is -0.170. The topological polar surface area (TPSA) is 69.7 Å². The van der Waals surface area contributed by atoms with Crippen molar-refractivity contribution in [1.29, 1.82) is 0 Å². The van der Waals surface area contributed by atoms with Crippen LogP contribution in [0.3, 0.4) is 0 Å². The third kappa shape index (κ3) is 4.82. The molecule has 5 nitrogen and oxygen atoms in total. The number of fused-ring (bicyclic) bond motifs is 2. The molecule has 0 saturated heterocycles. The summed E-state index contributed by atoms with van der Waals surface area (Å²) in [4.78, 5) is 36.9. The van der Waals surface area contributed by atoms with Gasteiger partial charge in [0, 0.05) is 18.2 Å². The number of esters is 2. The summed E-state index contributed by atoms with van der Waals surface area (Å²) in [5.41, 5.74) is 0.613. The summed E-state index contributed by atoms with van der Waals surface area (Å²) in [6.07, 6.45) is -1.20.